The third-order valence-electron chi connectivity index (χ3n) is 15.4. The molecule has 0 N–H and O–H groups in total. The highest BCUT2D eigenvalue weighted by Gasteiger charge is 2.57. The zero-order valence-electron chi connectivity index (χ0n) is 48.2. The summed E-state index contributed by atoms with van der Waals surface area (Å²) in [6.45, 7) is 8.62. The summed E-state index contributed by atoms with van der Waals surface area (Å²) in [5, 5.41) is 1.46. The second kappa shape index (κ2) is 28.8. The van der Waals surface area contributed by atoms with Crippen molar-refractivity contribution in [1.82, 2.24) is 0 Å². The van der Waals surface area contributed by atoms with E-state index in [1.807, 2.05) is 134 Å². The number of hydrogen-bond donors (Lipinski definition) is 0. The highest BCUT2D eigenvalue weighted by Crippen LogP contribution is 2.39. The van der Waals surface area contributed by atoms with Gasteiger partial charge in [-0.2, -0.15) is 0 Å². The van der Waals surface area contributed by atoms with Gasteiger partial charge in [0, 0.05) is 0 Å². The Kier molecular flexibility index (Phi) is 20.4. The fraction of sp³-hybridized carbons (Fsp3) is 0.282. The zero-order chi connectivity index (χ0) is 59.0. The van der Waals surface area contributed by atoms with Gasteiger partial charge in [-0.25, -0.2) is 14.4 Å². The van der Waals surface area contributed by atoms with Crippen molar-refractivity contribution in [3.8, 4) is 0 Å². The van der Waals surface area contributed by atoms with Crippen molar-refractivity contribution in [2.75, 3.05) is 13.2 Å². The van der Waals surface area contributed by atoms with Crippen LogP contribution >= 0.6 is 0 Å². The Hall–Kier alpha value is -7.89. The van der Waals surface area contributed by atoms with Crippen LogP contribution in [0.5, 0.6) is 0 Å². The molecule has 4 unspecified atom stereocenters. The lowest BCUT2D eigenvalue weighted by Gasteiger charge is -2.48. The second-order valence-corrected chi connectivity index (χ2v) is 26.5. The van der Waals surface area contributed by atoms with Gasteiger partial charge in [0.15, 0.2) is 24.6 Å². The van der Waals surface area contributed by atoms with Crippen LogP contribution in [0.4, 0.5) is 0 Å². The fourth-order valence-corrected chi connectivity index (χ4v) is 15.7. The maximum absolute atomic E-state index is 14.7. The van der Waals surface area contributed by atoms with Crippen LogP contribution in [0, 0.1) is 0 Å². The van der Waals surface area contributed by atoms with Crippen LogP contribution in [0.15, 0.2) is 243 Å². The van der Waals surface area contributed by atoms with Gasteiger partial charge in [-0.1, -0.05) is 227 Å². The molecule has 0 aromatic heterocycles. The normalized spacial score (nSPS) is 22.4. The molecule has 0 bridgehead atoms. The van der Waals surface area contributed by atoms with Crippen LogP contribution in [-0.4, -0.2) is 101 Å². The number of rotatable bonds is 23. The Morgan fingerprint density at radius 1 is 0.376 bits per heavy atom. The maximum Gasteiger partial charge on any atom is 0.338 e. The van der Waals surface area contributed by atoms with Crippen LogP contribution in [0.25, 0.3) is 0 Å². The summed E-state index contributed by atoms with van der Waals surface area (Å²) in [7, 11) is -3.37. The lowest BCUT2D eigenvalue weighted by atomic mass is 9.94. The molecule has 0 radical (unpaired) electrons. The summed E-state index contributed by atoms with van der Waals surface area (Å²) < 4.78 is 69.2. The van der Waals surface area contributed by atoms with Crippen LogP contribution in [0.3, 0.4) is 0 Å². The highest BCUT2D eigenvalue weighted by molar-refractivity contribution is 6.99. The predicted octanol–water partition coefficient (Wildman–Crippen LogP) is 11.5. The Bertz CT molecular complexity index is 3280. The minimum Gasteiger partial charge on any atom is -0.452 e. The van der Waals surface area contributed by atoms with E-state index in [0.717, 1.165) is 27.1 Å². The molecule has 13 nitrogen and oxygen atoms in total. The first-order valence-corrected chi connectivity index (χ1v) is 30.8. The predicted molar refractivity (Wildman–Crippen MR) is 325 cm³/mol. The Morgan fingerprint density at radius 3 is 1.13 bits per heavy atom. The molecular weight excluding hydrogens is 1090 g/mol. The van der Waals surface area contributed by atoms with Gasteiger partial charge in [0.25, 0.3) is 8.32 Å². The van der Waals surface area contributed by atoms with Crippen molar-refractivity contribution in [2.45, 2.75) is 114 Å². The number of esters is 3. The molecule has 10 atom stereocenters. The molecule has 0 amide bonds. The van der Waals surface area contributed by atoms with E-state index in [-0.39, 0.29) is 49.7 Å². The third kappa shape index (κ3) is 15.0. The summed E-state index contributed by atoms with van der Waals surface area (Å²) in [5.41, 5.74) is 3.44. The lowest BCUT2D eigenvalue weighted by Crippen LogP contribution is -2.69. The summed E-state index contributed by atoms with van der Waals surface area (Å²) >= 11 is 0. The van der Waals surface area contributed by atoms with E-state index in [2.05, 4.69) is 45.0 Å². The molecule has 2 aliphatic heterocycles. The quantitative estimate of drug-likeness (QED) is 0.0341. The molecule has 2 aliphatic rings. The molecule has 8 aromatic carbocycles. The van der Waals surface area contributed by atoms with Crippen molar-refractivity contribution < 1.29 is 61.4 Å². The molecule has 2 heterocycles. The van der Waals surface area contributed by atoms with E-state index >= 15 is 0 Å². The van der Waals surface area contributed by atoms with Crippen molar-refractivity contribution in [3.05, 3.63) is 276 Å². The second-order valence-electron chi connectivity index (χ2n) is 22.2. The van der Waals surface area contributed by atoms with Crippen molar-refractivity contribution >= 4 is 36.6 Å². The fourth-order valence-electron chi connectivity index (χ4n) is 11.2. The number of ether oxygens (including phenoxy) is 9. The van der Waals surface area contributed by atoms with Crippen molar-refractivity contribution in [3.63, 3.8) is 0 Å². The molecular formula is C71H72O13Si. The maximum atomic E-state index is 14.7. The summed E-state index contributed by atoms with van der Waals surface area (Å²) in [5.74, 6) is -2.30. The molecule has 0 spiro atoms. The van der Waals surface area contributed by atoms with Crippen LogP contribution < -0.4 is 10.4 Å². The summed E-state index contributed by atoms with van der Waals surface area (Å²) in [6.07, 6.45) is -11.1. The molecule has 14 heteroatoms. The molecule has 10 rings (SSSR count). The average molecular weight is 1160 g/mol. The van der Waals surface area contributed by atoms with Crippen molar-refractivity contribution in [1.29, 1.82) is 0 Å². The van der Waals surface area contributed by atoms with E-state index in [1.165, 1.54) is 0 Å². The SMILES string of the molecule is C[C@@H]1OC(CO[C@@H]2OC(CO[Si](c3ccccc3)(c3ccccc3)C(C)(C)C)[C@@H](OC(=O)c3ccccc3)C(OC(=O)c3ccccc3)[C@@H]2OC(=O)c2ccccc2)[C@@H](OCc2ccccc2)C(OCc2ccccc2)[C@@H]1OCc1ccccc1. The molecule has 2 saturated heterocycles. The highest BCUT2D eigenvalue weighted by atomic mass is 28.4. The number of hydrogen-bond acceptors (Lipinski definition) is 13. The van der Waals surface area contributed by atoms with Crippen molar-refractivity contribution in [2.24, 2.45) is 0 Å². The molecule has 0 aliphatic carbocycles. The Morgan fingerprint density at radius 2 is 0.718 bits per heavy atom. The number of benzene rings is 8. The van der Waals surface area contributed by atoms with Crippen LogP contribution in [0.1, 0.15) is 75.5 Å². The monoisotopic (exact) mass is 1160 g/mol. The smallest absolute Gasteiger partial charge is 0.338 e. The molecule has 8 aromatic rings. The Balaban J connectivity index is 1.07. The Labute approximate surface area is 498 Å². The first-order chi connectivity index (χ1) is 41.4. The zero-order valence-corrected chi connectivity index (χ0v) is 49.2. The van der Waals surface area contributed by atoms with E-state index < -0.39 is 92.5 Å². The topological polar surface area (TPSA) is 144 Å². The molecule has 438 valence electrons. The van der Waals surface area contributed by atoms with Gasteiger partial charge in [0.1, 0.15) is 30.5 Å². The van der Waals surface area contributed by atoms with E-state index in [0.29, 0.717) is 0 Å². The minimum absolute atomic E-state index is 0.182. The third-order valence-corrected chi connectivity index (χ3v) is 20.4. The van der Waals surface area contributed by atoms with Gasteiger partial charge in [-0.05, 0) is 75.4 Å². The van der Waals surface area contributed by atoms with E-state index in [4.69, 9.17) is 47.1 Å². The lowest BCUT2D eigenvalue weighted by molar-refractivity contribution is -0.316. The summed E-state index contributed by atoms with van der Waals surface area (Å²) in [6, 6.07) is 75.1. The van der Waals surface area contributed by atoms with Gasteiger partial charge in [0.05, 0.1) is 55.8 Å². The van der Waals surface area contributed by atoms with E-state index in [1.54, 1.807) is 91.0 Å². The van der Waals surface area contributed by atoms with Gasteiger partial charge in [-0.3, -0.25) is 0 Å². The molecule has 0 saturated carbocycles. The minimum atomic E-state index is -3.37. The van der Waals surface area contributed by atoms with Gasteiger partial charge in [0.2, 0.25) is 0 Å². The largest absolute Gasteiger partial charge is 0.452 e. The summed E-state index contributed by atoms with van der Waals surface area (Å²) in [4.78, 5) is 44.0. The number of carbonyl (C=O) groups excluding carboxylic acids is 3. The van der Waals surface area contributed by atoms with Gasteiger partial charge in [-0.15, -0.1) is 0 Å². The average Bonchev–Trinajstić information content (AvgIpc) is 1.48. The van der Waals surface area contributed by atoms with Gasteiger partial charge >= 0.3 is 17.9 Å². The van der Waals surface area contributed by atoms with Crippen LogP contribution in [-0.2, 0) is 66.9 Å². The molecule has 2 fully saturated rings. The standard InChI is InChI=1S/C71H72O13Si/c1-50-61(75-45-51-29-13-5-14-30-51)64(77-47-53-33-17-7-18-34-53)62(76-46-52-31-15-6-16-32-52)59(80-50)48-78-70-66(84-69(74)56-39-23-10-24-40-56)65(83-68(73)55-37-21-9-22-38-55)63(82-67(72)54-35-19-8-20-36-54)60(81-70)49-79-85(71(2,3)4,57-41-25-11-26-42-57)58-43-27-12-28-44-58/h5-44,50,59-66,70H,45-49H2,1-4H3/t50-,59?,60?,61+,62+,63+,64?,65?,66-,70+/m0/s1. The first kappa shape index (κ1) is 60.2. The first-order valence-electron chi connectivity index (χ1n) is 28.9. The van der Waals surface area contributed by atoms with E-state index in [9.17, 15) is 14.4 Å². The molecule has 85 heavy (non-hydrogen) atoms. The van der Waals surface area contributed by atoms with Gasteiger partial charge < -0.3 is 47.1 Å². The number of carbonyl (C=O) groups is 3. The van der Waals surface area contributed by atoms with Crippen LogP contribution in [0.2, 0.25) is 5.04 Å².